The van der Waals surface area contributed by atoms with E-state index in [1.54, 1.807) is 12.1 Å². The van der Waals surface area contributed by atoms with Crippen LogP contribution in [0, 0.1) is 0 Å². The van der Waals surface area contributed by atoms with Crippen LogP contribution in [0.4, 0.5) is 0 Å². The molecule has 0 saturated heterocycles. The Morgan fingerprint density at radius 2 is 1.67 bits per heavy atom. The Morgan fingerprint density at radius 1 is 1.00 bits per heavy atom. The van der Waals surface area contributed by atoms with Crippen molar-refractivity contribution in [3.63, 3.8) is 0 Å². The highest BCUT2D eigenvalue weighted by Crippen LogP contribution is 2.13. The molecule has 0 atom stereocenters. The summed E-state index contributed by atoms with van der Waals surface area (Å²) in [4.78, 5) is 4.55. The fourth-order valence-corrected chi connectivity index (χ4v) is 1.88. The SMILES string of the molecule is CCN=C(Cc1ccccc1)c1ccc(O)cc1. The molecule has 2 nitrogen and oxygen atoms in total. The number of benzene rings is 2. The van der Waals surface area contributed by atoms with Gasteiger partial charge in [-0.05, 0) is 42.3 Å². The molecule has 2 rings (SSSR count). The highest BCUT2D eigenvalue weighted by atomic mass is 16.3. The fourth-order valence-electron chi connectivity index (χ4n) is 1.88. The summed E-state index contributed by atoms with van der Waals surface area (Å²) in [6, 6.07) is 17.5. The van der Waals surface area contributed by atoms with Crippen LogP contribution < -0.4 is 0 Å². The van der Waals surface area contributed by atoms with E-state index in [0.29, 0.717) is 0 Å². The topological polar surface area (TPSA) is 32.6 Å². The van der Waals surface area contributed by atoms with Crippen molar-refractivity contribution in [1.29, 1.82) is 0 Å². The summed E-state index contributed by atoms with van der Waals surface area (Å²) in [5.74, 6) is 0.286. The minimum absolute atomic E-state index is 0.286. The molecule has 18 heavy (non-hydrogen) atoms. The summed E-state index contributed by atoms with van der Waals surface area (Å²) >= 11 is 0. The smallest absolute Gasteiger partial charge is 0.115 e. The summed E-state index contributed by atoms with van der Waals surface area (Å²) in [6.45, 7) is 2.80. The zero-order valence-corrected chi connectivity index (χ0v) is 10.5. The van der Waals surface area contributed by atoms with E-state index in [0.717, 1.165) is 24.2 Å². The standard InChI is InChI=1S/C16H17NO/c1-2-17-16(12-13-6-4-3-5-7-13)14-8-10-15(18)11-9-14/h3-11,18H,2,12H2,1H3. The summed E-state index contributed by atoms with van der Waals surface area (Å²) in [5, 5.41) is 9.32. The molecule has 0 heterocycles. The molecule has 0 bridgehead atoms. The molecular formula is C16H17NO. The minimum atomic E-state index is 0.286. The third-order valence-corrected chi connectivity index (χ3v) is 2.76. The van der Waals surface area contributed by atoms with Gasteiger partial charge in [-0.25, -0.2) is 0 Å². The van der Waals surface area contributed by atoms with E-state index in [-0.39, 0.29) is 5.75 Å². The Bertz CT molecular complexity index is 515. The molecule has 0 aliphatic carbocycles. The van der Waals surface area contributed by atoms with Gasteiger partial charge in [-0.2, -0.15) is 0 Å². The summed E-state index contributed by atoms with van der Waals surface area (Å²) in [6.07, 6.45) is 0.819. The van der Waals surface area contributed by atoms with E-state index in [4.69, 9.17) is 0 Å². The van der Waals surface area contributed by atoms with Crippen LogP contribution in [0.1, 0.15) is 18.1 Å². The van der Waals surface area contributed by atoms with Gasteiger partial charge in [-0.3, -0.25) is 4.99 Å². The highest BCUT2D eigenvalue weighted by Gasteiger charge is 2.04. The highest BCUT2D eigenvalue weighted by molar-refractivity contribution is 6.02. The van der Waals surface area contributed by atoms with Gasteiger partial charge in [0.1, 0.15) is 5.75 Å². The van der Waals surface area contributed by atoms with E-state index in [9.17, 15) is 5.11 Å². The van der Waals surface area contributed by atoms with Crippen LogP contribution in [0.5, 0.6) is 5.75 Å². The second-order valence-corrected chi connectivity index (χ2v) is 4.13. The van der Waals surface area contributed by atoms with Crippen LogP contribution >= 0.6 is 0 Å². The molecule has 2 heteroatoms. The van der Waals surface area contributed by atoms with Crippen molar-refractivity contribution in [1.82, 2.24) is 0 Å². The molecule has 2 aromatic carbocycles. The minimum Gasteiger partial charge on any atom is -0.508 e. The monoisotopic (exact) mass is 239 g/mol. The Morgan fingerprint density at radius 3 is 2.28 bits per heavy atom. The fraction of sp³-hybridized carbons (Fsp3) is 0.188. The predicted octanol–water partition coefficient (Wildman–Crippen LogP) is 3.44. The Hall–Kier alpha value is -2.09. The van der Waals surface area contributed by atoms with Crippen molar-refractivity contribution in [2.45, 2.75) is 13.3 Å². The van der Waals surface area contributed by atoms with Crippen LogP contribution in [0.3, 0.4) is 0 Å². The lowest BCUT2D eigenvalue weighted by atomic mass is 10.0. The van der Waals surface area contributed by atoms with Gasteiger partial charge < -0.3 is 5.11 Å². The third kappa shape index (κ3) is 3.20. The molecule has 92 valence electrons. The summed E-state index contributed by atoms with van der Waals surface area (Å²) in [5.41, 5.74) is 3.37. The van der Waals surface area contributed by atoms with E-state index < -0.39 is 0 Å². The number of hydrogen-bond donors (Lipinski definition) is 1. The van der Waals surface area contributed by atoms with Crippen molar-refractivity contribution in [2.24, 2.45) is 4.99 Å². The maximum absolute atomic E-state index is 9.32. The molecule has 0 saturated carbocycles. The van der Waals surface area contributed by atoms with E-state index >= 15 is 0 Å². The lowest BCUT2D eigenvalue weighted by Crippen LogP contribution is -2.06. The van der Waals surface area contributed by atoms with Gasteiger partial charge in [0.2, 0.25) is 0 Å². The number of phenolic OH excluding ortho intramolecular Hbond substituents is 1. The molecule has 2 aromatic rings. The second-order valence-electron chi connectivity index (χ2n) is 4.13. The lowest BCUT2D eigenvalue weighted by molar-refractivity contribution is 0.475. The maximum atomic E-state index is 9.32. The van der Waals surface area contributed by atoms with Gasteiger partial charge in [-0.1, -0.05) is 30.3 Å². The van der Waals surface area contributed by atoms with Crippen LogP contribution in [-0.4, -0.2) is 17.4 Å². The first-order chi connectivity index (χ1) is 8.79. The quantitative estimate of drug-likeness (QED) is 0.814. The molecular weight excluding hydrogens is 222 g/mol. The van der Waals surface area contributed by atoms with Crippen molar-refractivity contribution in [2.75, 3.05) is 6.54 Å². The van der Waals surface area contributed by atoms with Gasteiger partial charge in [0.25, 0.3) is 0 Å². The third-order valence-electron chi connectivity index (χ3n) is 2.76. The van der Waals surface area contributed by atoms with Crippen LogP contribution in [0.2, 0.25) is 0 Å². The molecule has 0 fully saturated rings. The average Bonchev–Trinajstić information content (AvgIpc) is 2.40. The van der Waals surface area contributed by atoms with E-state index in [2.05, 4.69) is 17.1 Å². The van der Waals surface area contributed by atoms with Crippen molar-refractivity contribution in [3.8, 4) is 5.75 Å². The van der Waals surface area contributed by atoms with Gasteiger partial charge in [0.05, 0.1) is 0 Å². The second kappa shape index (κ2) is 6.01. The first-order valence-electron chi connectivity index (χ1n) is 6.16. The van der Waals surface area contributed by atoms with Crippen molar-refractivity contribution >= 4 is 5.71 Å². The summed E-state index contributed by atoms with van der Waals surface area (Å²) < 4.78 is 0. The van der Waals surface area contributed by atoms with E-state index in [1.807, 2.05) is 37.3 Å². The van der Waals surface area contributed by atoms with Crippen LogP contribution in [-0.2, 0) is 6.42 Å². The first kappa shape index (κ1) is 12.4. The zero-order chi connectivity index (χ0) is 12.8. The van der Waals surface area contributed by atoms with Crippen LogP contribution in [0.25, 0.3) is 0 Å². The van der Waals surface area contributed by atoms with Gasteiger partial charge in [0.15, 0.2) is 0 Å². The zero-order valence-electron chi connectivity index (χ0n) is 10.5. The van der Waals surface area contributed by atoms with Gasteiger partial charge >= 0.3 is 0 Å². The first-order valence-corrected chi connectivity index (χ1v) is 6.16. The largest absolute Gasteiger partial charge is 0.508 e. The Balaban J connectivity index is 2.24. The molecule has 0 spiro atoms. The average molecular weight is 239 g/mol. The normalized spacial score (nSPS) is 11.5. The van der Waals surface area contributed by atoms with Crippen molar-refractivity contribution in [3.05, 3.63) is 65.7 Å². The number of phenols is 1. The summed E-state index contributed by atoms with van der Waals surface area (Å²) in [7, 11) is 0. The number of rotatable bonds is 4. The molecule has 0 amide bonds. The number of hydrogen-bond acceptors (Lipinski definition) is 2. The molecule has 0 aliphatic rings. The number of aromatic hydroxyl groups is 1. The van der Waals surface area contributed by atoms with Crippen molar-refractivity contribution < 1.29 is 5.11 Å². The number of nitrogens with zero attached hydrogens (tertiary/aromatic N) is 1. The predicted molar refractivity (Wildman–Crippen MR) is 75.3 cm³/mol. The van der Waals surface area contributed by atoms with Gasteiger partial charge in [-0.15, -0.1) is 0 Å². The van der Waals surface area contributed by atoms with Crippen LogP contribution in [0.15, 0.2) is 59.6 Å². The lowest BCUT2D eigenvalue weighted by Gasteiger charge is -2.07. The molecule has 0 radical (unpaired) electrons. The molecule has 0 unspecified atom stereocenters. The van der Waals surface area contributed by atoms with E-state index in [1.165, 1.54) is 5.56 Å². The maximum Gasteiger partial charge on any atom is 0.115 e. The Labute approximate surface area is 108 Å². The Kier molecular flexibility index (Phi) is 4.13. The molecule has 0 aromatic heterocycles. The number of aliphatic imine (C=N–C) groups is 1. The molecule has 0 aliphatic heterocycles. The van der Waals surface area contributed by atoms with Gasteiger partial charge in [0, 0.05) is 18.7 Å². The molecule has 1 N–H and O–H groups in total.